The van der Waals surface area contributed by atoms with Crippen molar-refractivity contribution >= 4 is 5.97 Å². The third kappa shape index (κ3) is 21.8. The molecule has 0 amide bonds. The Morgan fingerprint density at radius 3 is 1.84 bits per heavy atom. The van der Waals surface area contributed by atoms with Gasteiger partial charge in [-0.2, -0.15) is 0 Å². The standard InChI is InChI=1S/C26H48O5/c1-4-6-8-10-12-14-16-20-29-26(19-18-25(28)31-23-24(3)22-27)30-21-17-15-13-11-9-7-5-2/h12-15,24,26-27H,4-11,16-23H2,1-3H3/b14-12-,15-13-. The molecule has 0 aliphatic heterocycles. The van der Waals surface area contributed by atoms with E-state index in [4.69, 9.17) is 19.3 Å². The Bertz CT molecular complexity index is 421. The lowest BCUT2D eigenvalue weighted by Crippen LogP contribution is -2.21. The Labute approximate surface area is 191 Å². The van der Waals surface area contributed by atoms with Crippen molar-refractivity contribution in [3.8, 4) is 0 Å². The molecule has 0 aliphatic carbocycles. The normalized spacial score (nSPS) is 12.9. The average Bonchev–Trinajstić information content (AvgIpc) is 2.78. The molecule has 0 aromatic carbocycles. The molecule has 0 aliphatic rings. The molecule has 0 fully saturated rings. The molecule has 0 saturated heterocycles. The first kappa shape index (κ1) is 29.8. The van der Waals surface area contributed by atoms with Crippen LogP contribution in [0.1, 0.15) is 97.8 Å². The molecule has 31 heavy (non-hydrogen) atoms. The number of rotatable bonds is 22. The number of carbonyl (C=O) groups is 1. The molecule has 0 bridgehead atoms. The highest BCUT2D eigenvalue weighted by atomic mass is 16.7. The van der Waals surface area contributed by atoms with E-state index in [1.54, 1.807) is 0 Å². The van der Waals surface area contributed by atoms with Gasteiger partial charge in [-0.05, 0) is 38.5 Å². The molecule has 182 valence electrons. The van der Waals surface area contributed by atoms with E-state index in [9.17, 15) is 4.79 Å². The summed E-state index contributed by atoms with van der Waals surface area (Å²) in [5, 5.41) is 9.03. The quantitative estimate of drug-likeness (QED) is 0.0919. The molecule has 0 aromatic heterocycles. The van der Waals surface area contributed by atoms with Crippen molar-refractivity contribution in [1.29, 1.82) is 0 Å². The van der Waals surface area contributed by atoms with E-state index in [1.165, 1.54) is 38.5 Å². The van der Waals surface area contributed by atoms with Crippen LogP contribution in [-0.4, -0.2) is 43.8 Å². The fraction of sp³-hybridized carbons (Fsp3) is 0.808. The zero-order valence-corrected chi connectivity index (χ0v) is 20.4. The van der Waals surface area contributed by atoms with E-state index in [0.29, 0.717) is 19.6 Å². The maximum Gasteiger partial charge on any atom is 0.305 e. The minimum atomic E-state index is -0.398. The first-order valence-electron chi connectivity index (χ1n) is 12.4. The maximum absolute atomic E-state index is 11.9. The zero-order chi connectivity index (χ0) is 23.0. The number of esters is 1. The van der Waals surface area contributed by atoms with Crippen LogP contribution in [0.15, 0.2) is 24.3 Å². The van der Waals surface area contributed by atoms with E-state index in [2.05, 4.69) is 38.2 Å². The number of hydrogen-bond acceptors (Lipinski definition) is 5. The number of ether oxygens (including phenoxy) is 3. The summed E-state index contributed by atoms with van der Waals surface area (Å²) in [5.74, 6) is -0.315. The number of hydrogen-bond donors (Lipinski definition) is 1. The summed E-state index contributed by atoms with van der Waals surface area (Å²) in [6.45, 7) is 7.68. The van der Waals surface area contributed by atoms with Gasteiger partial charge in [-0.3, -0.25) is 4.79 Å². The summed E-state index contributed by atoms with van der Waals surface area (Å²) < 4.78 is 17.0. The lowest BCUT2D eigenvalue weighted by Gasteiger charge is -2.18. The van der Waals surface area contributed by atoms with E-state index >= 15 is 0 Å². The molecule has 1 unspecified atom stereocenters. The Morgan fingerprint density at radius 1 is 0.839 bits per heavy atom. The first-order valence-corrected chi connectivity index (χ1v) is 12.4. The second kappa shape index (κ2) is 23.5. The number of aliphatic hydroxyl groups excluding tert-OH is 1. The van der Waals surface area contributed by atoms with Gasteiger partial charge >= 0.3 is 5.97 Å². The molecule has 0 radical (unpaired) electrons. The molecule has 1 atom stereocenters. The minimum absolute atomic E-state index is 0.0139. The lowest BCUT2D eigenvalue weighted by molar-refractivity contribution is -0.158. The van der Waals surface area contributed by atoms with Crippen LogP contribution in [0.2, 0.25) is 0 Å². The molecule has 5 nitrogen and oxygen atoms in total. The number of carbonyl (C=O) groups excluding carboxylic acids is 1. The molecular formula is C26H48O5. The van der Waals surface area contributed by atoms with E-state index in [1.807, 2.05) is 6.92 Å². The number of allylic oxidation sites excluding steroid dienone is 2. The second-order valence-electron chi connectivity index (χ2n) is 8.19. The van der Waals surface area contributed by atoms with Crippen molar-refractivity contribution in [2.45, 2.75) is 104 Å². The van der Waals surface area contributed by atoms with E-state index in [0.717, 1.165) is 25.7 Å². The SMILES string of the molecule is CCCCC/C=C\CCOC(CCC(=O)OCC(C)CO)OCC/C=C\CCCCC. The van der Waals surface area contributed by atoms with Gasteiger partial charge in [0.05, 0.1) is 26.2 Å². The highest BCUT2D eigenvalue weighted by Crippen LogP contribution is 2.09. The molecule has 5 heteroatoms. The van der Waals surface area contributed by atoms with Crippen molar-refractivity contribution < 1.29 is 24.1 Å². The van der Waals surface area contributed by atoms with Crippen molar-refractivity contribution in [3.63, 3.8) is 0 Å². The number of aliphatic hydroxyl groups is 1. The van der Waals surface area contributed by atoms with Crippen LogP contribution in [0.4, 0.5) is 0 Å². The van der Waals surface area contributed by atoms with Crippen molar-refractivity contribution in [2.75, 3.05) is 26.4 Å². The average molecular weight is 441 g/mol. The summed E-state index contributed by atoms with van der Waals surface area (Å²) in [6.07, 6.45) is 20.5. The fourth-order valence-corrected chi connectivity index (χ4v) is 2.84. The van der Waals surface area contributed by atoms with Crippen LogP contribution >= 0.6 is 0 Å². The van der Waals surface area contributed by atoms with Gasteiger partial charge in [-0.25, -0.2) is 0 Å². The third-order valence-electron chi connectivity index (χ3n) is 4.88. The highest BCUT2D eigenvalue weighted by molar-refractivity contribution is 5.69. The van der Waals surface area contributed by atoms with Crippen molar-refractivity contribution in [2.24, 2.45) is 5.92 Å². The Kier molecular flexibility index (Phi) is 22.6. The van der Waals surface area contributed by atoms with Crippen LogP contribution in [0, 0.1) is 5.92 Å². The second-order valence-corrected chi connectivity index (χ2v) is 8.19. The third-order valence-corrected chi connectivity index (χ3v) is 4.88. The Balaban J connectivity index is 4.20. The van der Waals surface area contributed by atoms with Crippen LogP contribution < -0.4 is 0 Å². The van der Waals surface area contributed by atoms with Gasteiger partial charge < -0.3 is 19.3 Å². The minimum Gasteiger partial charge on any atom is -0.465 e. The van der Waals surface area contributed by atoms with Crippen LogP contribution in [0.5, 0.6) is 0 Å². The topological polar surface area (TPSA) is 65.0 Å². The largest absolute Gasteiger partial charge is 0.465 e. The van der Waals surface area contributed by atoms with E-state index in [-0.39, 0.29) is 31.5 Å². The van der Waals surface area contributed by atoms with Gasteiger partial charge in [0.25, 0.3) is 0 Å². The predicted molar refractivity (Wildman–Crippen MR) is 128 cm³/mol. The van der Waals surface area contributed by atoms with Gasteiger partial charge in [0.2, 0.25) is 0 Å². The van der Waals surface area contributed by atoms with Gasteiger partial charge in [-0.1, -0.05) is 70.8 Å². The summed E-state index contributed by atoms with van der Waals surface area (Å²) in [5.41, 5.74) is 0. The summed E-state index contributed by atoms with van der Waals surface area (Å²) >= 11 is 0. The lowest BCUT2D eigenvalue weighted by atomic mass is 10.2. The monoisotopic (exact) mass is 440 g/mol. The zero-order valence-electron chi connectivity index (χ0n) is 20.4. The highest BCUT2D eigenvalue weighted by Gasteiger charge is 2.14. The summed E-state index contributed by atoms with van der Waals surface area (Å²) in [6, 6.07) is 0. The predicted octanol–water partition coefficient (Wildman–Crippen LogP) is 6.35. The molecular weight excluding hydrogens is 392 g/mol. The maximum atomic E-state index is 11.9. The van der Waals surface area contributed by atoms with Crippen LogP contribution in [0.25, 0.3) is 0 Å². The van der Waals surface area contributed by atoms with Gasteiger partial charge in [0.15, 0.2) is 6.29 Å². The van der Waals surface area contributed by atoms with Crippen LogP contribution in [-0.2, 0) is 19.0 Å². The van der Waals surface area contributed by atoms with Gasteiger partial charge in [0, 0.05) is 18.9 Å². The molecule has 0 aromatic rings. The van der Waals surface area contributed by atoms with Crippen molar-refractivity contribution in [1.82, 2.24) is 0 Å². The molecule has 1 N–H and O–H groups in total. The molecule has 0 spiro atoms. The number of unbranched alkanes of at least 4 members (excludes halogenated alkanes) is 6. The first-order chi connectivity index (χ1) is 15.1. The van der Waals surface area contributed by atoms with Crippen LogP contribution in [0.3, 0.4) is 0 Å². The summed E-state index contributed by atoms with van der Waals surface area (Å²) in [4.78, 5) is 11.9. The molecule has 0 heterocycles. The van der Waals surface area contributed by atoms with E-state index < -0.39 is 6.29 Å². The van der Waals surface area contributed by atoms with Gasteiger partial charge in [-0.15, -0.1) is 0 Å². The van der Waals surface area contributed by atoms with Gasteiger partial charge in [0.1, 0.15) is 0 Å². The Hall–Kier alpha value is -1.17. The van der Waals surface area contributed by atoms with Crippen molar-refractivity contribution in [3.05, 3.63) is 24.3 Å². The smallest absolute Gasteiger partial charge is 0.305 e. The molecule has 0 rings (SSSR count). The fourth-order valence-electron chi connectivity index (χ4n) is 2.84. The summed E-state index contributed by atoms with van der Waals surface area (Å²) in [7, 11) is 0. The Morgan fingerprint density at radius 2 is 1.35 bits per heavy atom. The molecule has 0 saturated carbocycles.